The fourth-order valence-electron chi connectivity index (χ4n) is 12.3. The molecule has 1 aliphatic rings. The van der Waals surface area contributed by atoms with Crippen LogP contribution in [-0.2, 0) is 14.3 Å². The molecule has 11 nitrogen and oxygen atoms in total. The Labute approximate surface area is 507 Å². The zero-order valence-electron chi connectivity index (χ0n) is 54.3. The third kappa shape index (κ3) is 47.2. The van der Waals surface area contributed by atoms with Gasteiger partial charge >= 0.3 is 0 Å². The van der Waals surface area contributed by atoms with Crippen LogP contribution in [-0.4, -0.2) is 110 Å². The van der Waals surface area contributed by atoms with Crippen molar-refractivity contribution in [1.29, 1.82) is 0 Å². The third-order valence-electron chi connectivity index (χ3n) is 18.2. The van der Waals surface area contributed by atoms with E-state index in [1.165, 1.54) is 302 Å². The third-order valence-corrected chi connectivity index (χ3v) is 18.2. The lowest BCUT2D eigenvalue weighted by atomic mass is 9.98. The topological polar surface area (TPSA) is 189 Å². The molecule has 9 atom stereocenters. The molecule has 1 rings (SSSR count). The van der Waals surface area contributed by atoms with Crippen LogP contribution in [0.2, 0.25) is 0 Å². The van der Waals surface area contributed by atoms with Gasteiger partial charge in [0.1, 0.15) is 36.6 Å². The van der Waals surface area contributed by atoms with E-state index in [0.717, 1.165) is 38.5 Å². The molecule has 0 aromatic carbocycles. The van der Waals surface area contributed by atoms with Crippen molar-refractivity contribution in [3.8, 4) is 0 Å². The maximum Gasteiger partial charge on any atom is 0.249 e. The molecule has 1 amide bonds. The highest BCUT2D eigenvalue weighted by molar-refractivity contribution is 5.80. The fraction of sp³-hybridized carbons (Fsp3) is 0.986. The maximum atomic E-state index is 13.3. The first kappa shape index (κ1) is 79.1. The lowest BCUT2D eigenvalue weighted by molar-refractivity contribution is -0.303. The maximum absolute atomic E-state index is 13.3. The second kappa shape index (κ2) is 60.4. The Bertz CT molecular complexity index is 1290. The minimum absolute atomic E-state index is 0.268. The summed E-state index contributed by atoms with van der Waals surface area (Å²) in [5.74, 6) is -0.686. The zero-order chi connectivity index (χ0) is 59.6. The number of unbranched alkanes of at least 4 members (excludes halogenated alkanes) is 53. The Hall–Kier alpha value is -0.890. The number of aliphatic hydroxyl groups is 7. The van der Waals surface area contributed by atoms with Crippen LogP contribution in [0.3, 0.4) is 0 Å². The van der Waals surface area contributed by atoms with E-state index in [4.69, 9.17) is 9.47 Å². The number of carbonyl (C=O) groups excluding carboxylic acids is 1. The van der Waals surface area contributed by atoms with Crippen LogP contribution in [0.15, 0.2) is 0 Å². The summed E-state index contributed by atoms with van der Waals surface area (Å²) < 4.78 is 11.2. The van der Waals surface area contributed by atoms with Gasteiger partial charge in [-0.1, -0.05) is 367 Å². The zero-order valence-corrected chi connectivity index (χ0v) is 54.3. The van der Waals surface area contributed by atoms with Crippen molar-refractivity contribution >= 4 is 5.91 Å². The summed E-state index contributed by atoms with van der Waals surface area (Å²) in [5, 5.41) is 76.6. The van der Waals surface area contributed by atoms with E-state index in [9.17, 15) is 40.5 Å². The summed E-state index contributed by atoms with van der Waals surface area (Å²) >= 11 is 0. The number of rotatable bonds is 65. The van der Waals surface area contributed by atoms with Gasteiger partial charge in [0.15, 0.2) is 6.29 Å². The summed E-state index contributed by atoms with van der Waals surface area (Å²) in [7, 11) is 0. The van der Waals surface area contributed by atoms with E-state index in [1.807, 2.05) is 0 Å². The smallest absolute Gasteiger partial charge is 0.249 e. The molecule has 1 saturated heterocycles. The molecule has 0 saturated carbocycles. The summed E-state index contributed by atoms with van der Waals surface area (Å²) in [6.45, 7) is 3.53. The first-order chi connectivity index (χ1) is 40.2. The first-order valence-corrected chi connectivity index (χ1v) is 36.4. The normalized spacial score (nSPS) is 19.0. The Balaban J connectivity index is 2.17. The van der Waals surface area contributed by atoms with Crippen molar-refractivity contribution < 1.29 is 50.0 Å². The highest BCUT2D eigenvalue weighted by atomic mass is 16.7. The van der Waals surface area contributed by atoms with Gasteiger partial charge in [0, 0.05) is 0 Å². The number of carbonyl (C=O) groups is 1. The number of amides is 1. The van der Waals surface area contributed by atoms with E-state index < -0.39 is 74.2 Å². The molecule has 9 unspecified atom stereocenters. The molecule has 490 valence electrons. The van der Waals surface area contributed by atoms with Crippen molar-refractivity contribution in [2.75, 3.05) is 13.2 Å². The molecule has 82 heavy (non-hydrogen) atoms. The van der Waals surface area contributed by atoms with Gasteiger partial charge in [-0.25, -0.2) is 0 Å². The average molecular weight is 1170 g/mol. The van der Waals surface area contributed by atoms with Gasteiger partial charge in [0.25, 0.3) is 0 Å². The van der Waals surface area contributed by atoms with Crippen molar-refractivity contribution in [2.24, 2.45) is 0 Å². The van der Waals surface area contributed by atoms with Gasteiger partial charge in [-0.05, 0) is 12.8 Å². The van der Waals surface area contributed by atoms with Gasteiger partial charge in [-0.2, -0.15) is 0 Å². The minimum Gasteiger partial charge on any atom is -0.394 e. The number of hydrogen-bond donors (Lipinski definition) is 8. The second-order valence-corrected chi connectivity index (χ2v) is 26.0. The van der Waals surface area contributed by atoms with E-state index in [2.05, 4.69) is 19.2 Å². The van der Waals surface area contributed by atoms with Crippen molar-refractivity contribution in [2.45, 2.75) is 435 Å². The van der Waals surface area contributed by atoms with Crippen LogP contribution in [0.25, 0.3) is 0 Å². The van der Waals surface area contributed by atoms with E-state index in [1.54, 1.807) is 0 Å². The number of ether oxygens (including phenoxy) is 2. The minimum atomic E-state index is -1.66. The average Bonchev–Trinajstić information content (AvgIpc) is 3.53. The van der Waals surface area contributed by atoms with Gasteiger partial charge in [-0.15, -0.1) is 0 Å². The molecule has 11 heteroatoms. The highest BCUT2D eigenvalue weighted by Crippen LogP contribution is 2.24. The van der Waals surface area contributed by atoms with Crippen LogP contribution in [0, 0.1) is 0 Å². The summed E-state index contributed by atoms with van der Waals surface area (Å²) in [6.07, 6.45) is 61.9. The molecule has 0 aromatic heterocycles. The van der Waals surface area contributed by atoms with Gasteiger partial charge in [-0.3, -0.25) is 4.79 Å². The standard InChI is InChI=1S/C71H141NO10/c1-3-5-7-9-11-13-15-17-19-21-23-25-27-29-30-31-32-33-35-36-38-40-42-44-46-48-50-52-54-56-58-63(74)66(76)62(61-81-71-69(79)68(78)67(77)65(60-73)82-71)72-70(80)64(75)59-57-55-53-51-49-47-45-43-41-39-37-34-28-26-24-22-20-18-16-14-12-10-8-6-4-2/h62-69,71,73-79H,3-61H2,1-2H3,(H,72,80). The Morgan fingerprint density at radius 1 is 0.378 bits per heavy atom. The largest absolute Gasteiger partial charge is 0.394 e. The second-order valence-electron chi connectivity index (χ2n) is 26.0. The molecular formula is C71H141NO10. The lowest BCUT2D eigenvalue weighted by Crippen LogP contribution is -2.60. The monoisotopic (exact) mass is 1170 g/mol. The summed E-state index contributed by atoms with van der Waals surface area (Å²) in [6, 6.07) is -1.16. The number of hydrogen-bond acceptors (Lipinski definition) is 10. The molecule has 0 aromatic rings. The summed E-state index contributed by atoms with van der Waals surface area (Å²) in [5.41, 5.74) is 0. The van der Waals surface area contributed by atoms with E-state index in [0.29, 0.717) is 19.3 Å². The first-order valence-electron chi connectivity index (χ1n) is 36.4. The molecule has 0 radical (unpaired) electrons. The van der Waals surface area contributed by atoms with Gasteiger partial charge in [0.05, 0.1) is 25.4 Å². The SMILES string of the molecule is CCCCCCCCCCCCCCCCCCCCCCCCCCCCCCCCC(O)C(O)C(COC1OC(CO)C(O)C(O)C1O)NC(=O)C(O)CCCCCCCCCCCCCCCCCCCCCCCCCCC. The van der Waals surface area contributed by atoms with Crippen LogP contribution >= 0.6 is 0 Å². The summed E-state index contributed by atoms with van der Waals surface area (Å²) in [4.78, 5) is 13.3. The molecule has 8 N–H and O–H groups in total. The lowest BCUT2D eigenvalue weighted by Gasteiger charge is -2.40. The highest BCUT2D eigenvalue weighted by Gasteiger charge is 2.44. The number of nitrogens with one attached hydrogen (secondary N) is 1. The molecule has 1 fully saturated rings. The quantitative estimate of drug-likeness (QED) is 0.0272. The van der Waals surface area contributed by atoms with Crippen LogP contribution in [0.5, 0.6) is 0 Å². The van der Waals surface area contributed by atoms with Crippen LogP contribution in [0.1, 0.15) is 380 Å². The Morgan fingerprint density at radius 2 is 0.634 bits per heavy atom. The van der Waals surface area contributed by atoms with Crippen LogP contribution < -0.4 is 5.32 Å². The van der Waals surface area contributed by atoms with Crippen molar-refractivity contribution in [3.63, 3.8) is 0 Å². The van der Waals surface area contributed by atoms with Gasteiger partial charge < -0.3 is 50.5 Å². The number of aliphatic hydroxyl groups excluding tert-OH is 7. The molecule has 0 aliphatic carbocycles. The Morgan fingerprint density at radius 3 is 0.902 bits per heavy atom. The van der Waals surface area contributed by atoms with Crippen molar-refractivity contribution in [3.05, 3.63) is 0 Å². The molecule has 1 aliphatic heterocycles. The van der Waals surface area contributed by atoms with E-state index >= 15 is 0 Å². The van der Waals surface area contributed by atoms with Crippen molar-refractivity contribution in [1.82, 2.24) is 5.32 Å². The fourth-order valence-corrected chi connectivity index (χ4v) is 12.3. The van der Waals surface area contributed by atoms with E-state index in [-0.39, 0.29) is 6.42 Å². The predicted molar refractivity (Wildman–Crippen MR) is 344 cm³/mol. The molecule has 0 bridgehead atoms. The van der Waals surface area contributed by atoms with Crippen LogP contribution in [0.4, 0.5) is 0 Å². The van der Waals surface area contributed by atoms with Gasteiger partial charge in [0.2, 0.25) is 5.91 Å². The predicted octanol–water partition coefficient (Wildman–Crippen LogP) is 17.6. The molecular weight excluding hydrogens is 1030 g/mol. The molecule has 0 spiro atoms. The molecule has 1 heterocycles. The Kier molecular flexibility index (Phi) is 58.3.